The van der Waals surface area contributed by atoms with Gasteiger partial charge in [-0.3, -0.25) is 0 Å². The molecule has 1 aromatic rings. The van der Waals surface area contributed by atoms with E-state index >= 15 is 0 Å². The molecule has 1 aliphatic carbocycles. The van der Waals surface area contributed by atoms with Crippen molar-refractivity contribution in [3.63, 3.8) is 0 Å². The number of anilines is 2. The summed E-state index contributed by atoms with van der Waals surface area (Å²) < 4.78 is 0. The van der Waals surface area contributed by atoms with Gasteiger partial charge in [0, 0.05) is 19.1 Å². The van der Waals surface area contributed by atoms with E-state index in [2.05, 4.69) is 39.0 Å². The molecule has 0 spiro atoms. The van der Waals surface area contributed by atoms with Gasteiger partial charge in [0.2, 0.25) is 17.2 Å². The number of nitrogens with one attached hydrogen (secondary N) is 1. The van der Waals surface area contributed by atoms with Gasteiger partial charge in [-0.2, -0.15) is 15.0 Å². The molecular formula is C12H20ClN5. The van der Waals surface area contributed by atoms with Crippen LogP contribution in [0.25, 0.3) is 0 Å². The summed E-state index contributed by atoms with van der Waals surface area (Å²) in [4.78, 5) is 14.9. The minimum Gasteiger partial charge on any atom is -0.354 e. The monoisotopic (exact) mass is 269 g/mol. The lowest BCUT2D eigenvalue weighted by molar-refractivity contribution is 0.626. The molecule has 0 saturated heterocycles. The fourth-order valence-electron chi connectivity index (χ4n) is 1.81. The molecule has 0 unspecified atom stereocenters. The zero-order valence-electron chi connectivity index (χ0n) is 11.1. The molecule has 0 radical (unpaired) electrons. The third kappa shape index (κ3) is 3.45. The van der Waals surface area contributed by atoms with Crippen LogP contribution in [0.1, 0.15) is 33.6 Å². The lowest BCUT2D eigenvalue weighted by Crippen LogP contribution is -2.34. The first-order chi connectivity index (χ1) is 8.60. The van der Waals surface area contributed by atoms with Crippen LogP contribution < -0.4 is 10.2 Å². The number of nitrogens with zero attached hydrogens (tertiary/aromatic N) is 4. The van der Waals surface area contributed by atoms with Gasteiger partial charge in [-0.25, -0.2) is 0 Å². The van der Waals surface area contributed by atoms with E-state index in [0.29, 0.717) is 17.9 Å². The second kappa shape index (κ2) is 5.69. The Morgan fingerprint density at radius 1 is 1.33 bits per heavy atom. The standard InChI is InChI=1S/C12H20ClN5/c1-4-14-11-15-10(13)16-12(17-11)18(8(2)3)7-9-5-6-9/h8-9H,4-7H2,1-3H3,(H,14,15,16,17). The Labute approximate surface area is 113 Å². The summed E-state index contributed by atoms with van der Waals surface area (Å²) in [5.41, 5.74) is 0. The van der Waals surface area contributed by atoms with Crippen molar-refractivity contribution in [2.45, 2.75) is 39.7 Å². The second-order valence-electron chi connectivity index (χ2n) is 4.95. The predicted octanol–water partition coefficient (Wildman–Crippen LogP) is 2.58. The molecule has 5 nitrogen and oxygen atoms in total. The summed E-state index contributed by atoms with van der Waals surface area (Å²) in [7, 11) is 0. The van der Waals surface area contributed by atoms with Gasteiger partial charge in [0.05, 0.1) is 0 Å². The van der Waals surface area contributed by atoms with Crippen molar-refractivity contribution >= 4 is 23.5 Å². The highest BCUT2D eigenvalue weighted by Gasteiger charge is 2.27. The quantitative estimate of drug-likeness (QED) is 0.860. The Bertz CT molecular complexity index is 405. The average Bonchev–Trinajstić information content (AvgIpc) is 3.08. The van der Waals surface area contributed by atoms with E-state index in [1.165, 1.54) is 12.8 Å². The second-order valence-corrected chi connectivity index (χ2v) is 5.29. The van der Waals surface area contributed by atoms with Crippen LogP contribution in [0.2, 0.25) is 5.28 Å². The van der Waals surface area contributed by atoms with Crippen LogP contribution in [0, 0.1) is 5.92 Å². The van der Waals surface area contributed by atoms with Crippen molar-refractivity contribution in [2.75, 3.05) is 23.3 Å². The normalized spacial score (nSPS) is 14.9. The Balaban J connectivity index is 2.21. The zero-order chi connectivity index (χ0) is 13.1. The minimum atomic E-state index is 0.248. The van der Waals surface area contributed by atoms with Gasteiger partial charge in [-0.1, -0.05) is 0 Å². The Morgan fingerprint density at radius 2 is 2.06 bits per heavy atom. The van der Waals surface area contributed by atoms with Crippen molar-refractivity contribution in [2.24, 2.45) is 5.92 Å². The lowest BCUT2D eigenvalue weighted by Gasteiger charge is -2.26. The van der Waals surface area contributed by atoms with Gasteiger partial charge < -0.3 is 10.2 Å². The third-order valence-electron chi connectivity index (χ3n) is 2.96. The molecule has 6 heteroatoms. The van der Waals surface area contributed by atoms with E-state index < -0.39 is 0 Å². The number of halogens is 1. The molecule has 18 heavy (non-hydrogen) atoms. The molecule has 100 valence electrons. The Kier molecular flexibility index (Phi) is 4.22. The number of hydrogen-bond acceptors (Lipinski definition) is 5. The number of hydrogen-bond donors (Lipinski definition) is 1. The molecule has 1 N–H and O–H groups in total. The Hall–Kier alpha value is -1.10. The first-order valence-electron chi connectivity index (χ1n) is 6.52. The molecule has 2 rings (SSSR count). The van der Waals surface area contributed by atoms with E-state index in [4.69, 9.17) is 11.6 Å². The van der Waals surface area contributed by atoms with Crippen molar-refractivity contribution in [1.29, 1.82) is 0 Å². The van der Waals surface area contributed by atoms with E-state index in [9.17, 15) is 0 Å². The zero-order valence-corrected chi connectivity index (χ0v) is 11.9. The van der Waals surface area contributed by atoms with Crippen molar-refractivity contribution in [3.05, 3.63) is 5.28 Å². The summed E-state index contributed by atoms with van der Waals surface area (Å²) in [6, 6.07) is 0.360. The van der Waals surface area contributed by atoms with Crippen LogP contribution in [0.5, 0.6) is 0 Å². The van der Waals surface area contributed by atoms with Gasteiger partial charge in [0.25, 0.3) is 0 Å². The molecule has 1 aliphatic rings. The Morgan fingerprint density at radius 3 is 2.61 bits per heavy atom. The molecule has 1 heterocycles. The highest BCUT2D eigenvalue weighted by molar-refractivity contribution is 6.28. The highest BCUT2D eigenvalue weighted by atomic mass is 35.5. The van der Waals surface area contributed by atoms with E-state index in [1.807, 2.05) is 6.92 Å². The van der Waals surface area contributed by atoms with E-state index in [-0.39, 0.29) is 5.28 Å². The largest absolute Gasteiger partial charge is 0.354 e. The van der Waals surface area contributed by atoms with Crippen LogP contribution >= 0.6 is 11.6 Å². The van der Waals surface area contributed by atoms with Crippen LogP contribution in [-0.2, 0) is 0 Å². The first-order valence-corrected chi connectivity index (χ1v) is 6.90. The SMILES string of the molecule is CCNc1nc(Cl)nc(N(CC2CC2)C(C)C)n1. The average molecular weight is 270 g/mol. The summed E-state index contributed by atoms with van der Waals surface area (Å²) >= 11 is 5.96. The van der Waals surface area contributed by atoms with Gasteiger partial charge in [0.1, 0.15) is 0 Å². The third-order valence-corrected chi connectivity index (χ3v) is 3.13. The van der Waals surface area contributed by atoms with Crippen molar-refractivity contribution in [1.82, 2.24) is 15.0 Å². The fraction of sp³-hybridized carbons (Fsp3) is 0.750. The highest BCUT2D eigenvalue weighted by Crippen LogP contribution is 2.31. The summed E-state index contributed by atoms with van der Waals surface area (Å²) in [6.07, 6.45) is 2.62. The van der Waals surface area contributed by atoms with Crippen LogP contribution in [0.3, 0.4) is 0 Å². The molecule has 0 aliphatic heterocycles. The van der Waals surface area contributed by atoms with Crippen LogP contribution in [-0.4, -0.2) is 34.1 Å². The number of rotatable bonds is 6. The lowest BCUT2D eigenvalue weighted by atomic mass is 10.3. The van der Waals surface area contributed by atoms with E-state index in [0.717, 1.165) is 19.0 Å². The predicted molar refractivity (Wildman–Crippen MR) is 74.2 cm³/mol. The van der Waals surface area contributed by atoms with Crippen LogP contribution in [0.4, 0.5) is 11.9 Å². The van der Waals surface area contributed by atoms with Crippen LogP contribution in [0.15, 0.2) is 0 Å². The molecule has 0 aromatic carbocycles. The van der Waals surface area contributed by atoms with Gasteiger partial charge >= 0.3 is 0 Å². The number of aromatic nitrogens is 3. The maximum Gasteiger partial charge on any atom is 0.231 e. The minimum absolute atomic E-state index is 0.248. The summed E-state index contributed by atoms with van der Waals surface area (Å²) in [6.45, 7) is 8.06. The van der Waals surface area contributed by atoms with E-state index in [1.54, 1.807) is 0 Å². The molecule has 0 atom stereocenters. The fourth-order valence-corrected chi connectivity index (χ4v) is 1.96. The molecule has 1 fully saturated rings. The van der Waals surface area contributed by atoms with Crippen molar-refractivity contribution in [3.8, 4) is 0 Å². The topological polar surface area (TPSA) is 53.9 Å². The van der Waals surface area contributed by atoms with Gasteiger partial charge in [-0.15, -0.1) is 0 Å². The molecule has 1 aromatic heterocycles. The molecular weight excluding hydrogens is 250 g/mol. The van der Waals surface area contributed by atoms with Gasteiger partial charge in [0.15, 0.2) is 0 Å². The molecule has 1 saturated carbocycles. The maximum atomic E-state index is 5.96. The maximum absolute atomic E-state index is 5.96. The smallest absolute Gasteiger partial charge is 0.231 e. The van der Waals surface area contributed by atoms with Crippen molar-refractivity contribution < 1.29 is 0 Å². The van der Waals surface area contributed by atoms with Gasteiger partial charge in [-0.05, 0) is 51.1 Å². The summed E-state index contributed by atoms with van der Waals surface area (Å²) in [5.74, 6) is 2.01. The molecule has 0 amide bonds. The summed E-state index contributed by atoms with van der Waals surface area (Å²) in [5, 5.41) is 3.33. The first kappa shape index (κ1) is 13.3. The molecule has 0 bridgehead atoms.